The Hall–Kier alpha value is -1.40. The third-order valence-electron chi connectivity index (χ3n) is 4.14. The van der Waals surface area contributed by atoms with Gasteiger partial charge in [-0.2, -0.15) is 0 Å². The monoisotopic (exact) mass is 293 g/mol. The van der Waals surface area contributed by atoms with Crippen LogP contribution in [0.25, 0.3) is 0 Å². The molecule has 6 nitrogen and oxygen atoms in total. The van der Waals surface area contributed by atoms with E-state index in [1.807, 2.05) is 6.07 Å². The van der Waals surface area contributed by atoms with Crippen molar-refractivity contribution in [1.82, 2.24) is 9.97 Å². The lowest BCUT2D eigenvalue weighted by Gasteiger charge is -2.21. The number of hydrazine groups is 1. The Labute approximate surface area is 126 Å². The van der Waals surface area contributed by atoms with Gasteiger partial charge in [-0.3, -0.25) is 0 Å². The summed E-state index contributed by atoms with van der Waals surface area (Å²) in [7, 11) is 0. The van der Waals surface area contributed by atoms with E-state index in [1.54, 1.807) is 0 Å². The topological polar surface area (TPSA) is 96.1 Å². The second-order valence-corrected chi connectivity index (χ2v) is 6.87. The van der Waals surface area contributed by atoms with Crippen molar-refractivity contribution in [2.24, 2.45) is 17.7 Å². The van der Waals surface area contributed by atoms with Crippen LogP contribution in [-0.2, 0) is 5.41 Å². The lowest BCUT2D eigenvalue weighted by Crippen LogP contribution is -2.23. The van der Waals surface area contributed by atoms with Crippen molar-refractivity contribution in [3.05, 3.63) is 11.9 Å². The number of nitrogen functional groups attached to an aromatic ring is 1. The predicted molar refractivity (Wildman–Crippen MR) is 84.9 cm³/mol. The molecule has 0 aromatic carbocycles. The number of nitrogens with one attached hydrogen (secondary N) is 2. The Morgan fingerprint density at radius 1 is 1.24 bits per heavy atom. The standard InChI is InChI=1S/C15H27N5O/c1-15(2,3)14-18-12(7-13(19-14)20-16)17-8-10-5-4-6-11(10)9-21/h7,10-11,21H,4-6,8-9,16H2,1-3H3,(H2,17,18,19,20). The van der Waals surface area contributed by atoms with Gasteiger partial charge in [0.15, 0.2) is 0 Å². The highest BCUT2D eigenvalue weighted by Crippen LogP contribution is 2.31. The highest BCUT2D eigenvalue weighted by atomic mass is 16.3. The molecule has 1 heterocycles. The Morgan fingerprint density at radius 3 is 2.52 bits per heavy atom. The van der Waals surface area contributed by atoms with E-state index in [-0.39, 0.29) is 12.0 Å². The fourth-order valence-corrected chi connectivity index (χ4v) is 2.81. The maximum absolute atomic E-state index is 9.39. The third-order valence-corrected chi connectivity index (χ3v) is 4.14. The Bertz CT molecular complexity index is 472. The number of nitrogens with zero attached hydrogens (tertiary/aromatic N) is 2. The van der Waals surface area contributed by atoms with Crippen LogP contribution in [0, 0.1) is 11.8 Å². The van der Waals surface area contributed by atoms with Crippen molar-refractivity contribution in [2.45, 2.75) is 45.4 Å². The molecule has 1 aliphatic rings. The van der Waals surface area contributed by atoms with Gasteiger partial charge in [-0.15, -0.1) is 0 Å². The van der Waals surface area contributed by atoms with E-state index in [4.69, 9.17) is 5.84 Å². The number of hydrogen-bond donors (Lipinski definition) is 4. The molecule has 1 aliphatic carbocycles. The SMILES string of the molecule is CC(C)(C)c1nc(NN)cc(NCC2CCCC2CO)n1. The molecule has 0 spiro atoms. The van der Waals surface area contributed by atoms with Crippen molar-refractivity contribution in [3.8, 4) is 0 Å². The van der Waals surface area contributed by atoms with E-state index in [0.717, 1.165) is 31.0 Å². The molecular formula is C15H27N5O. The molecule has 0 aliphatic heterocycles. The largest absolute Gasteiger partial charge is 0.396 e. The van der Waals surface area contributed by atoms with Crippen LogP contribution in [-0.4, -0.2) is 28.2 Å². The van der Waals surface area contributed by atoms with Crippen LogP contribution in [0.4, 0.5) is 11.6 Å². The molecule has 5 N–H and O–H groups in total. The van der Waals surface area contributed by atoms with Crippen LogP contribution >= 0.6 is 0 Å². The highest BCUT2D eigenvalue weighted by molar-refractivity contribution is 5.47. The van der Waals surface area contributed by atoms with Gasteiger partial charge in [-0.05, 0) is 24.7 Å². The molecule has 1 saturated carbocycles. The summed E-state index contributed by atoms with van der Waals surface area (Å²) in [5.74, 6) is 8.57. The Kier molecular flexibility index (Phi) is 5.00. The zero-order valence-electron chi connectivity index (χ0n) is 13.2. The van der Waals surface area contributed by atoms with E-state index in [2.05, 4.69) is 41.5 Å². The molecule has 2 unspecified atom stereocenters. The maximum atomic E-state index is 9.39. The fourth-order valence-electron chi connectivity index (χ4n) is 2.81. The first kappa shape index (κ1) is 16.0. The Morgan fingerprint density at radius 2 is 1.90 bits per heavy atom. The highest BCUT2D eigenvalue weighted by Gasteiger charge is 2.26. The minimum absolute atomic E-state index is 0.135. The second-order valence-electron chi connectivity index (χ2n) is 6.87. The molecule has 2 rings (SSSR count). The molecule has 0 radical (unpaired) electrons. The second kappa shape index (κ2) is 6.58. The summed E-state index contributed by atoms with van der Waals surface area (Å²) in [5, 5.41) is 12.8. The van der Waals surface area contributed by atoms with Crippen LogP contribution in [0.1, 0.15) is 45.9 Å². The average molecular weight is 293 g/mol. The average Bonchev–Trinajstić information content (AvgIpc) is 2.91. The number of hydrogen-bond acceptors (Lipinski definition) is 6. The molecule has 1 fully saturated rings. The van der Waals surface area contributed by atoms with Crippen LogP contribution in [0.15, 0.2) is 6.07 Å². The van der Waals surface area contributed by atoms with Crippen LogP contribution < -0.4 is 16.6 Å². The van der Waals surface area contributed by atoms with Gasteiger partial charge in [-0.25, -0.2) is 15.8 Å². The Balaban J connectivity index is 2.09. The van der Waals surface area contributed by atoms with E-state index in [0.29, 0.717) is 17.7 Å². The molecule has 21 heavy (non-hydrogen) atoms. The third kappa shape index (κ3) is 4.04. The smallest absolute Gasteiger partial charge is 0.145 e. The van der Waals surface area contributed by atoms with Gasteiger partial charge in [0.1, 0.15) is 17.5 Å². The first-order valence-corrected chi connectivity index (χ1v) is 7.65. The minimum atomic E-state index is -0.135. The van der Waals surface area contributed by atoms with Crippen molar-refractivity contribution >= 4 is 11.6 Å². The van der Waals surface area contributed by atoms with E-state index >= 15 is 0 Å². The molecule has 2 atom stereocenters. The van der Waals surface area contributed by atoms with E-state index in [1.165, 1.54) is 6.42 Å². The zero-order valence-corrected chi connectivity index (χ0v) is 13.2. The molecule has 0 saturated heterocycles. The van der Waals surface area contributed by atoms with Gasteiger partial charge < -0.3 is 15.8 Å². The van der Waals surface area contributed by atoms with Crippen molar-refractivity contribution < 1.29 is 5.11 Å². The lowest BCUT2D eigenvalue weighted by atomic mass is 9.95. The van der Waals surface area contributed by atoms with E-state index in [9.17, 15) is 5.11 Å². The molecule has 0 bridgehead atoms. The van der Waals surface area contributed by atoms with Gasteiger partial charge in [0, 0.05) is 24.6 Å². The van der Waals surface area contributed by atoms with Crippen LogP contribution in [0.5, 0.6) is 0 Å². The van der Waals surface area contributed by atoms with Crippen LogP contribution in [0.3, 0.4) is 0 Å². The number of rotatable bonds is 5. The summed E-state index contributed by atoms with van der Waals surface area (Å²) in [6, 6.07) is 1.82. The van der Waals surface area contributed by atoms with Crippen molar-refractivity contribution in [1.29, 1.82) is 0 Å². The number of aliphatic hydroxyl groups excluding tert-OH is 1. The molecule has 1 aromatic rings. The molecule has 118 valence electrons. The van der Waals surface area contributed by atoms with Gasteiger partial charge in [0.25, 0.3) is 0 Å². The predicted octanol–water partition coefficient (Wildman–Crippen LogP) is 1.88. The number of aromatic nitrogens is 2. The summed E-state index contributed by atoms with van der Waals surface area (Å²) in [6.45, 7) is 7.33. The quantitative estimate of drug-likeness (QED) is 0.489. The minimum Gasteiger partial charge on any atom is -0.396 e. The summed E-state index contributed by atoms with van der Waals surface area (Å²) in [4.78, 5) is 8.99. The summed E-state index contributed by atoms with van der Waals surface area (Å²) in [6.07, 6.45) is 3.48. The maximum Gasteiger partial charge on any atom is 0.145 e. The van der Waals surface area contributed by atoms with Gasteiger partial charge in [-0.1, -0.05) is 27.2 Å². The molecule has 6 heteroatoms. The first-order valence-electron chi connectivity index (χ1n) is 7.65. The zero-order chi connectivity index (χ0) is 15.5. The molecule has 1 aromatic heterocycles. The fraction of sp³-hybridized carbons (Fsp3) is 0.733. The van der Waals surface area contributed by atoms with Gasteiger partial charge in [0.05, 0.1) is 0 Å². The first-order chi connectivity index (χ1) is 9.94. The number of anilines is 2. The number of aliphatic hydroxyl groups is 1. The van der Waals surface area contributed by atoms with E-state index < -0.39 is 0 Å². The summed E-state index contributed by atoms with van der Waals surface area (Å²) >= 11 is 0. The lowest BCUT2D eigenvalue weighted by molar-refractivity contribution is 0.199. The van der Waals surface area contributed by atoms with Crippen LogP contribution in [0.2, 0.25) is 0 Å². The number of nitrogens with two attached hydrogens (primary N) is 1. The molecular weight excluding hydrogens is 266 g/mol. The van der Waals surface area contributed by atoms with Crippen molar-refractivity contribution in [2.75, 3.05) is 23.9 Å². The van der Waals surface area contributed by atoms with Crippen molar-refractivity contribution in [3.63, 3.8) is 0 Å². The normalized spacial score (nSPS) is 22.3. The summed E-state index contributed by atoms with van der Waals surface area (Å²) in [5.41, 5.74) is 2.46. The summed E-state index contributed by atoms with van der Waals surface area (Å²) < 4.78 is 0. The van der Waals surface area contributed by atoms with Gasteiger partial charge in [0.2, 0.25) is 0 Å². The molecule has 0 amide bonds. The van der Waals surface area contributed by atoms with Gasteiger partial charge >= 0.3 is 0 Å².